The minimum Gasteiger partial charge on any atom is -0.339 e. The van der Waals surface area contributed by atoms with E-state index in [0.29, 0.717) is 42.7 Å². The largest absolute Gasteiger partial charge is 0.339 e. The van der Waals surface area contributed by atoms with Crippen molar-refractivity contribution >= 4 is 17.5 Å². The van der Waals surface area contributed by atoms with Crippen LogP contribution in [-0.2, 0) is 10.2 Å². The number of likely N-dealkylation sites (tertiary alicyclic amines) is 1. The molecule has 0 unspecified atom stereocenters. The molecule has 0 bridgehead atoms. The van der Waals surface area contributed by atoms with E-state index in [1.807, 2.05) is 0 Å². The number of rotatable bonds is 1. The highest BCUT2D eigenvalue weighted by atomic mass is 19.1. The van der Waals surface area contributed by atoms with Crippen molar-refractivity contribution in [2.45, 2.75) is 18.3 Å². The maximum absolute atomic E-state index is 13.6. The van der Waals surface area contributed by atoms with E-state index in [0.717, 1.165) is 0 Å². The first-order chi connectivity index (χ1) is 11.6. The van der Waals surface area contributed by atoms with E-state index in [9.17, 15) is 14.0 Å². The second-order valence-electron chi connectivity index (χ2n) is 6.26. The molecule has 0 radical (unpaired) electrons. The first-order valence-corrected chi connectivity index (χ1v) is 7.91. The van der Waals surface area contributed by atoms with Gasteiger partial charge < -0.3 is 10.2 Å². The Balaban J connectivity index is 1.57. The lowest BCUT2D eigenvalue weighted by atomic mass is 9.73. The van der Waals surface area contributed by atoms with Gasteiger partial charge in [-0.05, 0) is 48.7 Å². The maximum atomic E-state index is 13.6. The third-order valence-corrected chi connectivity index (χ3v) is 4.99. The van der Waals surface area contributed by atoms with Crippen LogP contribution in [0.15, 0.2) is 42.7 Å². The second-order valence-corrected chi connectivity index (χ2v) is 6.26. The zero-order chi connectivity index (χ0) is 16.7. The van der Waals surface area contributed by atoms with Crippen LogP contribution in [0.3, 0.4) is 0 Å². The van der Waals surface area contributed by atoms with Crippen LogP contribution in [0.1, 0.15) is 28.8 Å². The van der Waals surface area contributed by atoms with Gasteiger partial charge in [0.1, 0.15) is 5.82 Å². The summed E-state index contributed by atoms with van der Waals surface area (Å²) in [4.78, 5) is 30.7. The fourth-order valence-electron chi connectivity index (χ4n) is 3.65. The number of pyridine rings is 1. The zero-order valence-electron chi connectivity index (χ0n) is 13.0. The van der Waals surface area contributed by atoms with Gasteiger partial charge in [-0.1, -0.05) is 0 Å². The smallest absolute Gasteiger partial charge is 0.255 e. The van der Waals surface area contributed by atoms with E-state index >= 15 is 0 Å². The number of anilines is 1. The molecule has 2 aliphatic heterocycles. The lowest BCUT2D eigenvalue weighted by Gasteiger charge is -2.38. The van der Waals surface area contributed by atoms with Crippen molar-refractivity contribution in [1.82, 2.24) is 9.88 Å². The first-order valence-electron chi connectivity index (χ1n) is 7.91. The van der Waals surface area contributed by atoms with Gasteiger partial charge in [0.2, 0.25) is 5.91 Å². The molecule has 5 nitrogen and oxygen atoms in total. The summed E-state index contributed by atoms with van der Waals surface area (Å²) in [6, 6.07) is 7.84. The highest BCUT2D eigenvalue weighted by Crippen LogP contribution is 2.45. The molecule has 2 amide bonds. The summed E-state index contributed by atoms with van der Waals surface area (Å²) in [5.74, 6) is -0.536. The third-order valence-electron chi connectivity index (χ3n) is 4.99. The Labute approximate surface area is 138 Å². The van der Waals surface area contributed by atoms with Gasteiger partial charge in [0.05, 0.1) is 11.0 Å². The topological polar surface area (TPSA) is 62.3 Å². The third kappa shape index (κ3) is 2.18. The molecule has 122 valence electrons. The SMILES string of the molecule is O=C(c1cccnc1)N1CCC2(CC1)C(=O)Nc1ccc(F)cc12. The molecule has 1 aromatic heterocycles. The molecule has 1 N–H and O–H groups in total. The van der Waals surface area contributed by atoms with Crippen LogP contribution in [0.4, 0.5) is 10.1 Å². The molecule has 24 heavy (non-hydrogen) atoms. The Morgan fingerprint density at radius 3 is 2.75 bits per heavy atom. The number of fused-ring (bicyclic) bond motifs is 2. The number of carbonyl (C=O) groups excluding carboxylic acids is 2. The standard InChI is InChI=1S/C18H16FN3O2/c19-13-3-4-15-14(10-13)18(17(24)21-15)5-8-22(9-6-18)16(23)12-2-1-7-20-11-12/h1-4,7,10-11H,5-6,8-9H2,(H,21,24). The van der Waals surface area contributed by atoms with Gasteiger partial charge in [-0.3, -0.25) is 14.6 Å². The quantitative estimate of drug-likeness (QED) is 0.875. The monoisotopic (exact) mass is 325 g/mol. The predicted octanol–water partition coefficient (Wildman–Crippen LogP) is 2.35. The molecule has 1 aromatic carbocycles. The van der Waals surface area contributed by atoms with E-state index in [1.54, 1.807) is 35.5 Å². The molecule has 1 fully saturated rings. The zero-order valence-corrected chi connectivity index (χ0v) is 13.0. The number of amides is 2. The van der Waals surface area contributed by atoms with E-state index < -0.39 is 5.41 Å². The van der Waals surface area contributed by atoms with E-state index in [4.69, 9.17) is 0 Å². The van der Waals surface area contributed by atoms with Crippen molar-refractivity contribution in [3.05, 3.63) is 59.7 Å². The van der Waals surface area contributed by atoms with E-state index in [1.165, 1.54) is 12.1 Å². The molecule has 2 aliphatic rings. The van der Waals surface area contributed by atoms with Crippen molar-refractivity contribution in [1.29, 1.82) is 0 Å². The second kappa shape index (κ2) is 5.40. The summed E-state index contributed by atoms with van der Waals surface area (Å²) < 4.78 is 13.6. The molecule has 2 aromatic rings. The van der Waals surface area contributed by atoms with E-state index in [2.05, 4.69) is 10.3 Å². The normalized spacial score (nSPS) is 18.4. The fraction of sp³-hybridized carbons (Fsp3) is 0.278. The number of halogens is 1. The Bertz CT molecular complexity index is 814. The van der Waals surface area contributed by atoms with Gasteiger partial charge >= 0.3 is 0 Å². The average Bonchev–Trinajstić information content (AvgIpc) is 2.88. The van der Waals surface area contributed by atoms with Crippen molar-refractivity contribution in [3.8, 4) is 0 Å². The van der Waals surface area contributed by atoms with Gasteiger partial charge in [-0.25, -0.2) is 4.39 Å². The Hall–Kier alpha value is -2.76. The van der Waals surface area contributed by atoms with Crippen molar-refractivity contribution in [2.24, 2.45) is 0 Å². The number of nitrogens with zero attached hydrogens (tertiary/aromatic N) is 2. The van der Waals surface area contributed by atoms with Gasteiger partial charge in [-0.15, -0.1) is 0 Å². The Morgan fingerprint density at radius 2 is 2.04 bits per heavy atom. The van der Waals surface area contributed by atoms with Gasteiger partial charge in [0.15, 0.2) is 0 Å². The molecule has 1 spiro atoms. The summed E-state index contributed by atoms with van der Waals surface area (Å²) >= 11 is 0. The average molecular weight is 325 g/mol. The van der Waals surface area contributed by atoms with Crippen LogP contribution in [-0.4, -0.2) is 34.8 Å². The highest BCUT2D eigenvalue weighted by Gasteiger charge is 2.49. The molecular weight excluding hydrogens is 309 g/mol. The highest BCUT2D eigenvalue weighted by molar-refractivity contribution is 6.06. The summed E-state index contributed by atoms with van der Waals surface area (Å²) in [7, 11) is 0. The van der Waals surface area contributed by atoms with Crippen molar-refractivity contribution in [3.63, 3.8) is 0 Å². The molecule has 0 aliphatic carbocycles. The fourth-order valence-corrected chi connectivity index (χ4v) is 3.65. The number of hydrogen-bond donors (Lipinski definition) is 1. The van der Waals surface area contributed by atoms with E-state index in [-0.39, 0.29) is 17.6 Å². The van der Waals surface area contributed by atoms with Crippen LogP contribution in [0.2, 0.25) is 0 Å². The molecule has 4 rings (SSSR count). The van der Waals surface area contributed by atoms with Gasteiger partial charge in [0, 0.05) is 31.2 Å². The number of aromatic nitrogens is 1. The molecular formula is C18H16FN3O2. The number of carbonyl (C=O) groups is 2. The minimum absolute atomic E-state index is 0.0872. The lowest BCUT2D eigenvalue weighted by molar-refractivity contribution is -0.122. The van der Waals surface area contributed by atoms with Crippen LogP contribution in [0.5, 0.6) is 0 Å². The van der Waals surface area contributed by atoms with Gasteiger partial charge in [0.25, 0.3) is 5.91 Å². The molecule has 0 atom stereocenters. The summed E-state index contributed by atoms with van der Waals surface area (Å²) in [5.41, 5.74) is 1.19. The Kier molecular flexibility index (Phi) is 3.33. The van der Waals surface area contributed by atoms with Crippen molar-refractivity contribution < 1.29 is 14.0 Å². The minimum atomic E-state index is -0.733. The number of nitrogens with one attached hydrogen (secondary N) is 1. The van der Waals surface area contributed by atoms with Gasteiger partial charge in [-0.2, -0.15) is 0 Å². The van der Waals surface area contributed by atoms with Crippen LogP contribution >= 0.6 is 0 Å². The predicted molar refractivity (Wildman–Crippen MR) is 86.1 cm³/mol. The lowest BCUT2D eigenvalue weighted by Crippen LogP contribution is -2.48. The first kappa shape index (κ1) is 14.8. The van der Waals surface area contributed by atoms with Crippen LogP contribution in [0.25, 0.3) is 0 Å². The number of hydrogen-bond acceptors (Lipinski definition) is 3. The summed E-state index contributed by atoms with van der Waals surface area (Å²) in [6.07, 6.45) is 4.14. The molecule has 1 saturated heterocycles. The summed E-state index contributed by atoms with van der Waals surface area (Å²) in [5, 5.41) is 2.84. The molecule has 3 heterocycles. The molecule has 0 saturated carbocycles. The Morgan fingerprint density at radius 1 is 1.25 bits per heavy atom. The van der Waals surface area contributed by atoms with Crippen molar-refractivity contribution in [2.75, 3.05) is 18.4 Å². The maximum Gasteiger partial charge on any atom is 0.255 e. The number of piperidine rings is 1. The molecule has 6 heteroatoms. The summed E-state index contributed by atoms with van der Waals surface area (Å²) in [6.45, 7) is 0.911. The van der Waals surface area contributed by atoms with Crippen LogP contribution < -0.4 is 5.32 Å². The number of benzene rings is 1. The van der Waals surface area contributed by atoms with Crippen LogP contribution in [0, 0.1) is 5.82 Å².